The van der Waals surface area contributed by atoms with Crippen LogP contribution in [0.5, 0.6) is 0 Å². The van der Waals surface area contributed by atoms with Gasteiger partial charge in [-0.2, -0.15) is 4.98 Å². The molecular weight excluding hydrogens is 270 g/mol. The van der Waals surface area contributed by atoms with Crippen LogP contribution in [0.1, 0.15) is 31.4 Å². The van der Waals surface area contributed by atoms with Gasteiger partial charge in [-0.15, -0.1) is 5.10 Å². The quantitative estimate of drug-likeness (QED) is 0.895. The van der Waals surface area contributed by atoms with Crippen molar-refractivity contribution in [1.29, 1.82) is 0 Å². The number of aromatic nitrogens is 3. The Hall–Kier alpha value is -2.70. The van der Waals surface area contributed by atoms with Crippen LogP contribution in [-0.4, -0.2) is 26.6 Å². The molecule has 0 bridgehead atoms. The molecule has 3 rings (SSSR count). The van der Waals surface area contributed by atoms with Crippen LogP contribution in [0.4, 0.5) is 11.9 Å². The van der Waals surface area contributed by atoms with Crippen molar-refractivity contribution in [3.63, 3.8) is 0 Å². The first-order valence-electron chi connectivity index (χ1n) is 6.78. The molecule has 7 heteroatoms. The first-order valence-corrected chi connectivity index (χ1v) is 6.78. The molecule has 2 amide bonds. The highest BCUT2D eigenvalue weighted by atomic mass is 16.2. The summed E-state index contributed by atoms with van der Waals surface area (Å²) in [6, 6.07) is 9.42. The van der Waals surface area contributed by atoms with E-state index in [1.807, 2.05) is 30.3 Å². The molecular formula is C14H15N5O2. The highest BCUT2D eigenvalue weighted by Gasteiger charge is 2.29. The maximum atomic E-state index is 11.8. The Labute approximate surface area is 121 Å². The van der Waals surface area contributed by atoms with Crippen LogP contribution >= 0.6 is 0 Å². The van der Waals surface area contributed by atoms with E-state index in [0.29, 0.717) is 18.8 Å². The molecule has 0 spiro atoms. The number of rotatable bonds is 3. The zero-order chi connectivity index (χ0) is 14.8. The topological polar surface area (TPSA) is 88.9 Å². The number of hydrogen-bond donors (Lipinski definition) is 2. The fraction of sp³-hybridized carbons (Fsp3) is 0.286. The van der Waals surface area contributed by atoms with E-state index >= 15 is 0 Å². The number of hydrogen-bond acceptors (Lipinski definition) is 4. The number of carbonyl (C=O) groups is 2. The summed E-state index contributed by atoms with van der Waals surface area (Å²) in [6.07, 6.45) is 0.639. The van der Waals surface area contributed by atoms with Crippen molar-refractivity contribution in [2.24, 2.45) is 0 Å². The Bertz CT molecular complexity index is 680. The number of carbonyl (C=O) groups excluding carboxylic acids is 2. The molecule has 0 saturated heterocycles. The van der Waals surface area contributed by atoms with Gasteiger partial charge < -0.3 is 0 Å². The Kier molecular flexibility index (Phi) is 3.39. The minimum absolute atomic E-state index is 0.114. The summed E-state index contributed by atoms with van der Waals surface area (Å²) in [7, 11) is 0. The standard InChI is InChI=1S/C14H15N5O2/c1-2-11(20)15-13-17-14-16-12(21)8-10(19(14)18-13)9-6-4-3-5-7-9/h3-7,10H,2,8H2,1H3,(H2,15,16,17,18,20,21)/t10-/m0/s1. The second-order valence-electron chi connectivity index (χ2n) is 4.78. The fourth-order valence-electron chi connectivity index (χ4n) is 2.26. The summed E-state index contributed by atoms with van der Waals surface area (Å²) in [6.45, 7) is 1.75. The van der Waals surface area contributed by atoms with E-state index in [9.17, 15) is 9.59 Å². The summed E-state index contributed by atoms with van der Waals surface area (Å²) in [5.41, 5.74) is 0.979. The van der Waals surface area contributed by atoms with E-state index in [4.69, 9.17) is 0 Å². The van der Waals surface area contributed by atoms with Gasteiger partial charge in [0.15, 0.2) is 0 Å². The van der Waals surface area contributed by atoms with E-state index in [-0.39, 0.29) is 23.8 Å². The predicted octanol–water partition coefficient (Wildman–Crippen LogP) is 1.56. The molecule has 1 atom stereocenters. The molecule has 108 valence electrons. The van der Waals surface area contributed by atoms with Crippen LogP contribution < -0.4 is 10.6 Å². The molecule has 21 heavy (non-hydrogen) atoms. The van der Waals surface area contributed by atoms with E-state index < -0.39 is 0 Å². The van der Waals surface area contributed by atoms with Crippen LogP contribution in [-0.2, 0) is 9.59 Å². The van der Waals surface area contributed by atoms with Crippen molar-refractivity contribution < 1.29 is 9.59 Å². The van der Waals surface area contributed by atoms with Crippen LogP contribution in [0.2, 0.25) is 0 Å². The average Bonchev–Trinajstić information content (AvgIpc) is 2.89. The van der Waals surface area contributed by atoms with Gasteiger partial charge >= 0.3 is 0 Å². The first-order chi connectivity index (χ1) is 10.2. The van der Waals surface area contributed by atoms with Gasteiger partial charge in [0, 0.05) is 6.42 Å². The summed E-state index contributed by atoms with van der Waals surface area (Å²) in [5, 5.41) is 9.56. The molecule has 0 saturated carbocycles. The lowest BCUT2D eigenvalue weighted by molar-refractivity contribution is -0.117. The molecule has 7 nitrogen and oxygen atoms in total. The van der Waals surface area contributed by atoms with Crippen molar-refractivity contribution in [2.45, 2.75) is 25.8 Å². The third-order valence-corrected chi connectivity index (χ3v) is 3.31. The molecule has 0 fully saturated rings. The van der Waals surface area contributed by atoms with Gasteiger partial charge in [-0.1, -0.05) is 37.3 Å². The van der Waals surface area contributed by atoms with Crippen molar-refractivity contribution >= 4 is 23.7 Å². The van der Waals surface area contributed by atoms with Crippen molar-refractivity contribution in [1.82, 2.24) is 14.8 Å². The number of nitrogens with one attached hydrogen (secondary N) is 2. The van der Waals surface area contributed by atoms with Gasteiger partial charge in [-0.25, -0.2) is 4.68 Å². The van der Waals surface area contributed by atoms with E-state index in [2.05, 4.69) is 20.7 Å². The SMILES string of the molecule is CCC(=O)Nc1nc2n(n1)[C@H](c1ccccc1)CC(=O)N2. The first kappa shape index (κ1) is 13.3. The van der Waals surface area contributed by atoms with Gasteiger partial charge in [0.25, 0.3) is 5.95 Å². The van der Waals surface area contributed by atoms with Crippen molar-refractivity contribution in [3.8, 4) is 0 Å². The molecule has 1 aromatic heterocycles. The Morgan fingerprint density at radius 2 is 2.19 bits per heavy atom. The molecule has 2 N–H and O–H groups in total. The molecule has 2 aromatic rings. The van der Waals surface area contributed by atoms with Crippen LogP contribution in [0, 0.1) is 0 Å². The molecule has 0 unspecified atom stereocenters. The van der Waals surface area contributed by atoms with E-state index in [0.717, 1.165) is 5.56 Å². The van der Waals surface area contributed by atoms with Gasteiger partial charge in [0.05, 0.1) is 12.5 Å². The summed E-state index contributed by atoms with van der Waals surface area (Å²) in [4.78, 5) is 27.4. The third kappa shape index (κ3) is 2.62. The fourth-order valence-corrected chi connectivity index (χ4v) is 2.26. The highest BCUT2D eigenvalue weighted by Crippen LogP contribution is 2.29. The lowest BCUT2D eigenvalue weighted by Crippen LogP contribution is -2.29. The van der Waals surface area contributed by atoms with Crippen LogP contribution in [0.25, 0.3) is 0 Å². The van der Waals surface area contributed by atoms with Crippen LogP contribution in [0.3, 0.4) is 0 Å². The van der Waals surface area contributed by atoms with Gasteiger partial charge in [0.2, 0.25) is 17.8 Å². The maximum Gasteiger partial charge on any atom is 0.250 e. The highest BCUT2D eigenvalue weighted by molar-refractivity contribution is 5.92. The Balaban J connectivity index is 1.96. The molecule has 2 heterocycles. The number of anilines is 2. The van der Waals surface area contributed by atoms with Gasteiger partial charge in [-0.05, 0) is 5.56 Å². The number of amides is 2. The second kappa shape index (κ2) is 5.35. The zero-order valence-electron chi connectivity index (χ0n) is 11.5. The molecule has 1 aliphatic heterocycles. The Morgan fingerprint density at radius 1 is 1.43 bits per heavy atom. The monoisotopic (exact) mass is 285 g/mol. The minimum Gasteiger partial charge on any atom is -0.295 e. The van der Waals surface area contributed by atoms with Gasteiger partial charge in [0.1, 0.15) is 0 Å². The van der Waals surface area contributed by atoms with Gasteiger partial charge in [-0.3, -0.25) is 20.2 Å². The number of benzene rings is 1. The minimum atomic E-state index is -0.213. The summed E-state index contributed by atoms with van der Waals surface area (Å²) < 4.78 is 1.64. The third-order valence-electron chi connectivity index (χ3n) is 3.31. The van der Waals surface area contributed by atoms with E-state index in [1.54, 1.807) is 11.6 Å². The lowest BCUT2D eigenvalue weighted by Gasteiger charge is -2.23. The largest absolute Gasteiger partial charge is 0.295 e. The summed E-state index contributed by atoms with van der Waals surface area (Å²) in [5.74, 6) is 0.282. The number of fused-ring (bicyclic) bond motifs is 1. The van der Waals surface area contributed by atoms with E-state index in [1.165, 1.54) is 0 Å². The molecule has 0 radical (unpaired) electrons. The maximum absolute atomic E-state index is 11.8. The lowest BCUT2D eigenvalue weighted by atomic mass is 10.0. The molecule has 1 aliphatic rings. The molecule has 1 aromatic carbocycles. The van der Waals surface area contributed by atoms with Crippen molar-refractivity contribution in [3.05, 3.63) is 35.9 Å². The Morgan fingerprint density at radius 3 is 2.90 bits per heavy atom. The molecule has 0 aliphatic carbocycles. The average molecular weight is 285 g/mol. The van der Waals surface area contributed by atoms with Crippen molar-refractivity contribution in [2.75, 3.05) is 10.6 Å². The normalized spacial score (nSPS) is 17.0. The zero-order valence-corrected chi connectivity index (χ0v) is 11.5. The summed E-state index contributed by atoms with van der Waals surface area (Å²) >= 11 is 0. The number of nitrogens with zero attached hydrogens (tertiary/aromatic N) is 3. The predicted molar refractivity (Wildman–Crippen MR) is 76.8 cm³/mol. The van der Waals surface area contributed by atoms with Crippen LogP contribution in [0.15, 0.2) is 30.3 Å². The second-order valence-corrected chi connectivity index (χ2v) is 4.78. The smallest absolute Gasteiger partial charge is 0.250 e.